The molecule has 6 heteroatoms. The maximum atomic E-state index is 11.4. The largest absolute Gasteiger partial charge is 0.470 e. The van der Waals surface area contributed by atoms with Crippen molar-refractivity contribution in [2.24, 2.45) is 11.8 Å². The van der Waals surface area contributed by atoms with Crippen LogP contribution in [0, 0.1) is 11.8 Å². The molecule has 1 aliphatic rings. The molecule has 0 aromatic rings. The maximum Gasteiger partial charge on any atom is 0.470 e. The van der Waals surface area contributed by atoms with Gasteiger partial charge in [-0.2, -0.15) is 0 Å². The first-order valence-corrected chi connectivity index (χ1v) is 9.12. The third-order valence-corrected chi connectivity index (χ3v) is 4.65. The fraction of sp³-hybridized carbons (Fsp3) is 0.867. The van der Waals surface area contributed by atoms with Crippen LogP contribution in [-0.2, 0) is 9.09 Å². The number of rotatable bonds is 5. The van der Waals surface area contributed by atoms with Crippen LogP contribution in [-0.4, -0.2) is 48.1 Å². The van der Waals surface area contributed by atoms with E-state index in [1.54, 1.807) is 0 Å². The highest BCUT2D eigenvalue weighted by molar-refractivity contribution is 7.46. The molecule has 0 spiro atoms. The molecule has 2 N–H and O–H groups in total. The fourth-order valence-corrected chi connectivity index (χ4v) is 3.79. The van der Waals surface area contributed by atoms with E-state index in [4.69, 9.17) is 4.52 Å². The molecule has 1 fully saturated rings. The van der Waals surface area contributed by atoms with Crippen LogP contribution >= 0.6 is 7.82 Å². The number of phosphoric acid groups is 1. The first-order valence-electron chi connectivity index (χ1n) is 7.59. The zero-order chi connectivity index (χ0) is 16.4. The van der Waals surface area contributed by atoms with Crippen molar-refractivity contribution in [2.75, 3.05) is 27.7 Å². The van der Waals surface area contributed by atoms with Crippen molar-refractivity contribution in [3.05, 3.63) is 11.1 Å². The summed E-state index contributed by atoms with van der Waals surface area (Å²) >= 11 is 0. The molecule has 0 radical (unpaired) electrons. The van der Waals surface area contributed by atoms with Gasteiger partial charge in [0.25, 0.3) is 0 Å². The predicted octanol–water partition coefficient (Wildman–Crippen LogP) is 2.94. The van der Waals surface area contributed by atoms with Crippen molar-refractivity contribution < 1.29 is 23.4 Å². The van der Waals surface area contributed by atoms with Crippen molar-refractivity contribution in [1.29, 1.82) is 0 Å². The van der Waals surface area contributed by atoms with Gasteiger partial charge >= 0.3 is 7.82 Å². The van der Waals surface area contributed by atoms with Gasteiger partial charge in [-0.25, -0.2) is 4.57 Å². The van der Waals surface area contributed by atoms with Gasteiger partial charge in [0.05, 0.1) is 21.1 Å². The minimum absolute atomic E-state index is 0.101. The van der Waals surface area contributed by atoms with Crippen LogP contribution in [0.4, 0.5) is 0 Å². The molecule has 5 nitrogen and oxygen atoms in total. The lowest BCUT2D eigenvalue weighted by molar-refractivity contribution is -0.873. The summed E-state index contributed by atoms with van der Waals surface area (Å²) in [4.78, 5) is 18.5. The van der Waals surface area contributed by atoms with Crippen LogP contribution in [0.2, 0.25) is 0 Å². The molecule has 21 heavy (non-hydrogen) atoms. The van der Waals surface area contributed by atoms with Gasteiger partial charge in [0.15, 0.2) is 0 Å². The number of hydrogen-bond acceptors (Lipinski definition) is 2. The average Bonchev–Trinajstić information content (AvgIpc) is 2.23. The van der Waals surface area contributed by atoms with E-state index >= 15 is 0 Å². The Bertz CT molecular complexity index is 431. The van der Waals surface area contributed by atoms with Gasteiger partial charge < -0.3 is 14.3 Å². The number of quaternary nitrogens is 1. The fourth-order valence-electron chi connectivity index (χ4n) is 3.23. The number of phosphoric ester groups is 1. The molecule has 1 rings (SSSR count). The highest BCUT2D eigenvalue weighted by Gasteiger charge is 2.38. The van der Waals surface area contributed by atoms with E-state index < -0.39 is 13.9 Å². The lowest BCUT2D eigenvalue weighted by Crippen LogP contribution is -2.46. The van der Waals surface area contributed by atoms with Crippen molar-refractivity contribution in [3.63, 3.8) is 0 Å². The molecule has 0 heterocycles. The zero-order valence-corrected chi connectivity index (χ0v) is 15.1. The van der Waals surface area contributed by atoms with Crippen LogP contribution in [0.5, 0.6) is 0 Å². The molecule has 124 valence electrons. The van der Waals surface area contributed by atoms with Crippen molar-refractivity contribution in [1.82, 2.24) is 0 Å². The normalized spacial score (nSPS) is 25.8. The van der Waals surface area contributed by atoms with E-state index in [1.165, 1.54) is 11.1 Å². The number of hydrogen-bond donors (Lipinski definition) is 2. The summed E-state index contributed by atoms with van der Waals surface area (Å²) in [7, 11) is 1.57. The molecule has 0 amide bonds. The highest BCUT2D eigenvalue weighted by Crippen LogP contribution is 2.45. The quantitative estimate of drug-likeness (QED) is 0.464. The zero-order valence-electron chi connectivity index (χ0n) is 14.2. The van der Waals surface area contributed by atoms with Crippen molar-refractivity contribution >= 4 is 7.82 Å². The van der Waals surface area contributed by atoms with Gasteiger partial charge in [0.2, 0.25) is 0 Å². The van der Waals surface area contributed by atoms with E-state index in [9.17, 15) is 14.4 Å². The van der Waals surface area contributed by atoms with Crippen LogP contribution in [0.1, 0.15) is 40.0 Å². The van der Waals surface area contributed by atoms with E-state index in [1.807, 2.05) is 21.1 Å². The lowest BCUT2D eigenvalue weighted by atomic mass is 9.74. The first kappa shape index (κ1) is 18.9. The Hall–Kier alpha value is -0.190. The van der Waals surface area contributed by atoms with Gasteiger partial charge in [-0.1, -0.05) is 18.1 Å². The Morgan fingerprint density at radius 1 is 1.38 bits per heavy atom. The van der Waals surface area contributed by atoms with Crippen molar-refractivity contribution in [2.45, 2.75) is 46.1 Å². The predicted molar refractivity (Wildman–Crippen MR) is 84.7 cm³/mol. The number of nitrogens with zero attached hydrogens (tertiary/aromatic N) is 1. The molecule has 0 aromatic carbocycles. The molecule has 0 aliphatic heterocycles. The standard InChI is InChI=1S/C15H30NO4P/c1-11(2)13-8-7-12(3)9-14(13)15(10-16(4,5)6)20-21(17,18)19/h12,14-15H,7-10H2,1-6H3,(H-,17,18,19)/p+1. The van der Waals surface area contributed by atoms with Gasteiger partial charge in [-0.05, 0) is 39.0 Å². The van der Waals surface area contributed by atoms with Gasteiger partial charge in [-0.15, -0.1) is 0 Å². The summed E-state index contributed by atoms with van der Waals surface area (Å²) in [5.41, 5.74) is 2.58. The summed E-state index contributed by atoms with van der Waals surface area (Å²) in [5.74, 6) is 0.664. The monoisotopic (exact) mass is 320 g/mol. The Kier molecular flexibility index (Phi) is 6.22. The molecule has 0 bridgehead atoms. The summed E-state index contributed by atoms with van der Waals surface area (Å²) in [6.45, 7) is 6.95. The van der Waals surface area contributed by atoms with Gasteiger partial charge in [0.1, 0.15) is 12.6 Å². The summed E-state index contributed by atoms with van der Waals surface area (Å²) in [6, 6.07) is 0. The van der Waals surface area contributed by atoms with Gasteiger partial charge in [0, 0.05) is 5.92 Å². The Balaban J connectivity index is 3.08. The molecular weight excluding hydrogens is 289 g/mol. The molecule has 0 aromatic heterocycles. The van der Waals surface area contributed by atoms with E-state index in [-0.39, 0.29) is 5.92 Å². The van der Waals surface area contributed by atoms with Gasteiger partial charge in [-0.3, -0.25) is 4.52 Å². The van der Waals surface area contributed by atoms with Crippen LogP contribution < -0.4 is 0 Å². The maximum absolute atomic E-state index is 11.4. The smallest absolute Gasteiger partial charge is 0.329 e. The Labute approximate surface area is 128 Å². The van der Waals surface area contributed by atoms with Crippen LogP contribution in [0.25, 0.3) is 0 Å². The Morgan fingerprint density at radius 2 is 1.95 bits per heavy atom. The highest BCUT2D eigenvalue weighted by atomic mass is 31.2. The molecule has 0 saturated heterocycles. The van der Waals surface area contributed by atoms with E-state index in [2.05, 4.69) is 20.8 Å². The van der Waals surface area contributed by atoms with Crippen molar-refractivity contribution in [3.8, 4) is 0 Å². The second-order valence-corrected chi connectivity index (χ2v) is 8.81. The van der Waals surface area contributed by atoms with E-state index in [0.717, 1.165) is 19.3 Å². The molecule has 3 atom stereocenters. The summed E-state index contributed by atoms with van der Waals surface area (Å²) in [5, 5.41) is 0. The average molecular weight is 320 g/mol. The SMILES string of the molecule is CC(C)=C1CCC(C)CC1C(C[N+](C)(C)C)OP(=O)(O)O. The second kappa shape index (κ2) is 6.93. The van der Waals surface area contributed by atoms with E-state index in [0.29, 0.717) is 16.9 Å². The summed E-state index contributed by atoms with van der Waals surface area (Å²) < 4.78 is 17.2. The third kappa shape index (κ3) is 6.62. The molecule has 3 unspecified atom stereocenters. The summed E-state index contributed by atoms with van der Waals surface area (Å²) in [6.07, 6.45) is 2.64. The number of likely N-dealkylation sites (N-methyl/N-ethyl adjacent to an activating group) is 1. The minimum atomic E-state index is -4.48. The minimum Gasteiger partial charge on any atom is -0.329 e. The van der Waals surface area contributed by atoms with Crippen LogP contribution in [0.3, 0.4) is 0 Å². The molecular formula is C15H31NO4P+. The lowest BCUT2D eigenvalue weighted by Gasteiger charge is -2.39. The Morgan fingerprint density at radius 3 is 2.38 bits per heavy atom. The molecule has 1 saturated carbocycles. The van der Waals surface area contributed by atoms with Crippen LogP contribution in [0.15, 0.2) is 11.1 Å². The number of allylic oxidation sites excluding steroid dienone is 1. The first-order chi connectivity index (χ1) is 9.39. The third-order valence-electron chi connectivity index (χ3n) is 4.10. The second-order valence-electron chi connectivity index (χ2n) is 7.62. The molecule has 1 aliphatic carbocycles. The topological polar surface area (TPSA) is 66.8 Å².